The van der Waals surface area contributed by atoms with Crippen LogP contribution in [0.5, 0.6) is 0 Å². The molecule has 24 heavy (non-hydrogen) atoms. The third kappa shape index (κ3) is 3.99. The first-order valence-electron chi connectivity index (χ1n) is 7.53. The molecule has 0 saturated heterocycles. The number of anilines is 1. The highest BCUT2D eigenvalue weighted by Gasteiger charge is 2.12. The van der Waals surface area contributed by atoms with Crippen LogP contribution in [0.3, 0.4) is 0 Å². The summed E-state index contributed by atoms with van der Waals surface area (Å²) >= 11 is 7.49. The van der Waals surface area contributed by atoms with Gasteiger partial charge < -0.3 is 5.32 Å². The topological polar surface area (TPSA) is 46.9 Å². The molecule has 0 spiro atoms. The van der Waals surface area contributed by atoms with Gasteiger partial charge in [-0.2, -0.15) is 5.10 Å². The highest BCUT2D eigenvalue weighted by Crippen LogP contribution is 2.34. The van der Waals surface area contributed by atoms with E-state index in [1.807, 2.05) is 55.5 Å². The molecule has 0 aliphatic carbocycles. The Hall–Kier alpha value is -2.24. The summed E-state index contributed by atoms with van der Waals surface area (Å²) in [4.78, 5) is 14.4. The Balaban J connectivity index is 1.78. The molecule has 0 fully saturated rings. The van der Waals surface area contributed by atoms with Gasteiger partial charge in [0.25, 0.3) is 5.91 Å². The molecular formula is C18H16ClN3OS. The van der Waals surface area contributed by atoms with Gasteiger partial charge in [-0.15, -0.1) is 0 Å². The van der Waals surface area contributed by atoms with Crippen molar-refractivity contribution in [1.29, 1.82) is 0 Å². The molecule has 0 radical (unpaired) electrons. The SMILES string of the molecule is CCn1ccc(C(=O)Nc2ccccc2Sc2ccc(Cl)cc2)n1. The van der Waals surface area contributed by atoms with E-state index < -0.39 is 0 Å². The van der Waals surface area contributed by atoms with Gasteiger partial charge in [0.1, 0.15) is 0 Å². The Morgan fingerprint density at radius 2 is 1.92 bits per heavy atom. The molecule has 0 bridgehead atoms. The van der Waals surface area contributed by atoms with Crippen LogP contribution >= 0.6 is 23.4 Å². The van der Waals surface area contributed by atoms with Crippen LogP contribution in [0.25, 0.3) is 0 Å². The number of benzene rings is 2. The number of para-hydroxylation sites is 1. The smallest absolute Gasteiger partial charge is 0.276 e. The van der Waals surface area contributed by atoms with E-state index in [1.54, 1.807) is 28.7 Å². The molecule has 3 rings (SSSR count). The van der Waals surface area contributed by atoms with Gasteiger partial charge in [-0.1, -0.05) is 35.5 Å². The van der Waals surface area contributed by atoms with Gasteiger partial charge in [0.2, 0.25) is 0 Å². The van der Waals surface area contributed by atoms with Crippen molar-refractivity contribution >= 4 is 35.0 Å². The Morgan fingerprint density at radius 3 is 2.62 bits per heavy atom. The fourth-order valence-corrected chi connectivity index (χ4v) is 3.16. The molecule has 1 aromatic heterocycles. The van der Waals surface area contributed by atoms with Crippen LogP contribution in [-0.2, 0) is 6.54 Å². The van der Waals surface area contributed by atoms with Crippen LogP contribution in [0.15, 0.2) is 70.6 Å². The summed E-state index contributed by atoms with van der Waals surface area (Å²) in [5.74, 6) is -0.216. The summed E-state index contributed by atoms with van der Waals surface area (Å²) in [6.45, 7) is 2.71. The number of aromatic nitrogens is 2. The molecule has 122 valence electrons. The van der Waals surface area contributed by atoms with Gasteiger partial charge >= 0.3 is 0 Å². The molecular weight excluding hydrogens is 342 g/mol. The minimum Gasteiger partial charge on any atom is -0.320 e. The zero-order chi connectivity index (χ0) is 16.9. The van der Waals surface area contributed by atoms with Crippen molar-refractivity contribution in [3.63, 3.8) is 0 Å². The maximum absolute atomic E-state index is 12.4. The number of nitrogens with zero attached hydrogens (tertiary/aromatic N) is 2. The molecule has 1 heterocycles. The summed E-state index contributed by atoms with van der Waals surface area (Å²) < 4.78 is 1.73. The first-order chi connectivity index (χ1) is 11.7. The predicted molar refractivity (Wildman–Crippen MR) is 97.9 cm³/mol. The first kappa shape index (κ1) is 16.6. The third-order valence-corrected chi connectivity index (χ3v) is 4.71. The molecule has 1 N–H and O–H groups in total. The van der Waals surface area contributed by atoms with Crippen LogP contribution < -0.4 is 5.32 Å². The van der Waals surface area contributed by atoms with Gasteiger partial charge in [-0.05, 0) is 49.4 Å². The highest BCUT2D eigenvalue weighted by atomic mass is 35.5. The lowest BCUT2D eigenvalue weighted by atomic mass is 10.3. The van der Waals surface area contributed by atoms with E-state index in [0.717, 1.165) is 22.0 Å². The largest absolute Gasteiger partial charge is 0.320 e. The number of aryl methyl sites for hydroxylation is 1. The van der Waals surface area contributed by atoms with E-state index in [-0.39, 0.29) is 5.91 Å². The lowest BCUT2D eigenvalue weighted by molar-refractivity contribution is 0.102. The van der Waals surface area contributed by atoms with E-state index in [1.165, 1.54) is 0 Å². The number of rotatable bonds is 5. The molecule has 6 heteroatoms. The van der Waals surface area contributed by atoms with E-state index in [2.05, 4.69) is 10.4 Å². The Labute approximate surface area is 149 Å². The molecule has 3 aromatic rings. The van der Waals surface area contributed by atoms with Crippen molar-refractivity contribution in [3.8, 4) is 0 Å². The van der Waals surface area contributed by atoms with E-state index >= 15 is 0 Å². The number of hydrogen-bond donors (Lipinski definition) is 1. The predicted octanol–water partition coefficient (Wildman–Crippen LogP) is 4.96. The Kier molecular flexibility index (Phi) is 5.23. The summed E-state index contributed by atoms with van der Waals surface area (Å²) in [5, 5.41) is 7.87. The zero-order valence-corrected chi connectivity index (χ0v) is 14.6. The van der Waals surface area contributed by atoms with E-state index in [4.69, 9.17) is 11.6 Å². The lowest BCUT2D eigenvalue weighted by Crippen LogP contribution is -2.13. The molecule has 4 nitrogen and oxygen atoms in total. The van der Waals surface area contributed by atoms with Crippen molar-refractivity contribution in [1.82, 2.24) is 9.78 Å². The number of amides is 1. The van der Waals surface area contributed by atoms with E-state index in [0.29, 0.717) is 10.7 Å². The molecule has 0 saturated carbocycles. The lowest BCUT2D eigenvalue weighted by Gasteiger charge is -2.10. The number of halogens is 1. The third-order valence-electron chi connectivity index (χ3n) is 3.37. The average molecular weight is 358 g/mol. The maximum atomic E-state index is 12.4. The fourth-order valence-electron chi connectivity index (χ4n) is 2.13. The summed E-state index contributed by atoms with van der Waals surface area (Å²) in [6, 6.07) is 17.0. The highest BCUT2D eigenvalue weighted by molar-refractivity contribution is 7.99. The number of carbonyl (C=O) groups excluding carboxylic acids is 1. The van der Waals surface area contributed by atoms with Crippen LogP contribution in [0.2, 0.25) is 5.02 Å². The van der Waals surface area contributed by atoms with Gasteiger partial charge in [-0.3, -0.25) is 9.48 Å². The van der Waals surface area contributed by atoms with Gasteiger partial charge in [-0.25, -0.2) is 0 Å². The Morgan fingerprint density at radius 1 is 1.17 bits per heavy atom. The fraction of sp³-hybridized carbons (Fsp3) is 0.111. The van der Waals surface area contributed by atoms with Gasteiger partial charge in [0.15, 0.2) is 5.69 Å². The summed E-state index contributed by atoms with van der Waals surface area (Å²) in [5.41, 5.74) is 1.16. The second-order valence-electron chi connectivity index (χ2n) is 5.06. The molecule has 0 aliphatic rings. The van der Waals surface area contributed by atoms with Crippen molar-refractivity contribution in [2.75, 3.05) is 5.32 Å². The Bertz CT molecular complexity index is 845. The standard InChI is InChI=1S/C18H16ClN3OS/c1-2-22-12-11-16(21-22)18(23)20-15-5-3-4-6-17(15)24-14-9-7-13(19)8-10-14/h3-12H,2H2,1H3,(H,20,23). The second-order valence-corrected chi connectivity index (χ2v) is 6.61. The van der Waals surface area contributed by atoms with Gasteiger partial charge in [0.05, 0.1) is 5.69 Å². The molecule has 0 aliphatic heterocycles. The average Bonchev–Trinajstić information content (AvgIpc) is 3.08. The van der Waals surface area contributed by atoms with Crippen molar-refractivity contribution in [3.05, 3.63) is 71.5 Å². The van der Waals surface area contributed by atoms with Crippen LogP contribution in [-0.4, -0.2) is 15.7 Å². The van der Waals surface area contributed by atoms with Crippen LogP contribution in [0.1, 0.15) is 17.4 Å². The molecule has 0 atom stereocenters. The molecule has 0 unspecified atom stereocenters. The minimum absolute atomic E-state index is 0.216. The number of nitrogens with one attached hydrogen (secondary N) is 1. The zero-order valence-electron chi connectivity index (χ0n) is 13.1. The number of hydrogen-bond acceptors (Lipinski definition) is 3. The number of carbonyl (C=O) groups is 1. The first-order valence-corrected chi connectivity index (χ1v) is 8.72. The normalized spacial score (nSPS) is 10.6. The molecule has 2 aromatic carbocycles. The van der Waals surface area contributed by atoms with Crippen molar-refractivity contribution < 1.29 is 4.79 Å². The summed E-state index contributed by atoms with van der Waals surface area (Å²) in [6.07, 6.45) is 1.79. The second kappa shape index (κ2) is 7.55. The molecule has 1 amide bonds. The quantitative estimate of drug-likeness (QED) is 0.702. The van der Waals surface area contributed by atoms with Crippen molar-refractivity contribution in [2.45, 2.75) is 23.3 Å². The summed E-state index contributed by atoms with van der Waals surface area (Å²) in [7, 11) is 0. The van der Waals surface area contributed by atoms with Gasteiger partial charge in [0, 0.05) is 27.6 Å². The monoisotopic (exact) mass is 357 g/mol. The van der Waals surface area contributed by atoms with Crippen molar-refractivity contribution in [2.24, 2.45) is 0 Å². The van der Waals surface area contributed by atoms with Crippen LogP contribution in [0.4, 0.5) is 5.69 Å². The van der Waals surface area contributed by atoms with Crippen LogP contribution in [0, 0.1) is 0 Å². The minimum atomic E-state index is -0.216. The van der Waals surface area contributed by atoms with E-state index in [9.17, 15) is 4.79 Å². The maximum Gasteiger partial charge on any atom is 0.276 e.